The van der Waals surface area contributed by atoms with Gasteiger partial charge in [-0.05, 0) is 73.1 Å². The number of fused-ring (bicyclic) bond motifs is 5. The van der Waals surface area contributed by atoms with Crippen molar-refractivity contribution in [1.29, 1.82) is 0 Å². The molecule has 0 heterocycles. The number of aryl methyl sites for hydroxylation is 1. The molecular weight excluding hydrogens is 896 g/mol. The van der Waals surface area contributed by atoms with Crippen LogP contribution in [0.1, 0.15) is 49.7 Å². The van der Waals surface area contributed by atoms with Crippen LogP contribution >= 0.6 is 104 Å². The second kappa shape index (κ2) is 15.2. The Morgan fingerprint density at radius 2 is 1.27 bits per heavy atom. The van der Waals surface area contributed by atoms with Gasteiger partial charge in [0.15, 0.2) is 0 Å². The van der Waals surface area contributed by atoms with Gasteiger partial charge in [-0.2, -0.15) is 25.3 Å². The van der Waals surface area contributed by atoms with Crippen LogP contribution in [-0.2, 0) is 58.5 Å². The zero-order valence-corrected chi connectivity index (χ0v) is 33.6. The van der Waals surface area contributed by atoms with Crippen molar-refractivity contribution in [1.82, 2.24) is 0 Å². The molecule has 0 saturated heterocycles. The summed E-state index contributed by atoms with van der Waals surface area (Å²) >= 11 is 50.5. The Labute approximate surface area is 324 Å². The molecule has 2 saturated carbocycles. The molecule has 3 aliphatic rings. The van der Waals surface area contributed by atoms with Crippen LogP contribution in [0.4, 0.5) is 0 Å². The third-order valence-corrected chi connectivity index (χ3v) is 11.9. The highest BCUT2D eigenvalue weighted by atomic mass is 35.6. The van der Waals surface area contributed by atoms with Gasteiger partial charge in [-0.3, -0.25) is 0 Å². The predicted octanol–water partition coefficient (Wildman–Crippen LogP) is 7.20. The van der Waals surface area contributed by atoms with E-state index < -0.39 is 80.0 Å². The Hall–Kier alpha value is 1.28. The van der Waals surface area contributed by atoms with Crippen LogP contribution in [-0.4, -0.2) is 68.7 Å². The van der Waals surface area contributed by atoms with Crippen molar-refractivity contribution in [3.63, 3.8) is 0 Å². The van der Waals surface area contributed by atoms with E-state index in [1.54, 1.807) is 19.1 Å². The summed E-state index contributed by atoms with van der Waals surface area (Å²) in [6.07, 6.45) is -0.811. The molecule has 0 amide bonds. The molecule has 0 radical (unpaired) electrons. The Morgan fingerprint density at radius 3 is 1.81 bits per heavy atom. The minimum Gasteiger partial charge on any atom is -0.362 e. The van der Waals surface area contributed by atoms with Gasteiger partial charge in [0.2, 0.25) is 11.4 Å². The maximum absolute atomic E-state index is 12.9. The summed E-state index contributed by atoms with van der Waals surface area (Å²) in [4.78, 5) is 0. The molecule has 6 atom stereocenters. The Kier molecular flexibility index (Phi) is 13.3. The predicted molar refractivity (Wildman–Crippen MR) is 182 cm³/mol. The van der Waals surface area contributed by atoms with E-state index in [1.807, 2.05) is 0 Å². The molecule has 0 aliphatic heterocycles. The first kappa shape index (κ1) is 42.0. The summed E-state index contributed by atoms with van der Waals surface area (Å²) in [5, 5.41) is 0. The van der Waals surface area contributed by atoms with Gasteiger partial charge in [-0.25, -0.2) is 20.9 Å². The molecule has 0 bridgehead atoms. The molecule has 1 aromatic rings. The molecule has 1 aromatic carbocycles. The summed E-state index contributed by atoms with van der Waals surface area (Å²) in [6.45, 7) is -0.742. The van der Waals surface area contributed by atoms with Gasteiger partial charge >= 0.3 is 31.2 Å². The van der Waals surface area contributed by atoms with Crippen LogP contribution in [0, 0.1) is 17.3 Å². The summed E-state index contributed by atoms with van der Waals surface area (Å²) in [5.74, 6) is -0.529. The van der Waals surface area contributed by atoms with Crippen molar-refractivity contribution in [3.8, 4) is 5.75 Å². The molecule has 0 aromatic heterocycles. The Morgan fingerprint density at radius 1 is 0.750 bits per heavy atom. The van der Waals surface area contributed by atoms with Crippen molar-refractivity contribution in [2.24, 2.45) is 17.3 Å². The lowest BCUT2D eigenvalue weighted by atomic mass is 9.55. The molecule has 4 rings (SSSR count). The van der Waals surface area contributed by atoms with Gasteiger partial charge in [0, 0.05) is 5.41 Å². The summed E-state index contributed by atoms with van der Waals surface area (Å²) in [6, 6.07) is 4.77. The fraction of sp³-hybridized carbons (Fsp3) is 0.750. The average Bonchev–Trinajstić information content (AvgIpc) is 3.18. The summed E-state index contributed by atoms with van der Waals surface area (Å²) in [5.41, 5.74) is 0.777. The standard InChI is InChI=1S/C24H27Cl9O12S3/c1-21-7-6-16-15-5-3-14(43-46(34,35)40-10-22(25,26)27)8-13(15)2-4-17(16)18(21)9-19(44-47(36,37)41-11-23(28,29)30)20(21)45-48(38,39)42-12-24(31,32)33/h3,5,8,16-20H,2,4,6-7,9-12H2,1H3/t16-,17-,18+,19-,20-,21+/m1/s1. The first-order valence-corrected chi connectivity index (χ1v) is 21.1. The van der Waals surface area contributed by atoms with E-state index in [-0.39, 0.29) is 29.9 Å². The highest BCUT2D eigenvalue weighted by molar-refractivity contribution is 7.82. The van der Waals surface area contributed by atoms with Crippen molar-refractivity contribution in [2.75, 3.05) is 19.8 Å². The second-order valence-corrected chi connectivity index (χ2v) is 22.9. The summed E-state index contributed by atoms with van der Waals surface area (Å²) in [7, 11) is -14.2. The highest BCUT2D eigenvalue weighted by Gasteiger charge is 2.61. The Bertz CT molecular complexity index is 1660. The van der Waals surface area contributed by atoms with Crippen molar-refractivity contribution < 1.29 is 50.4 Å². The van der Waals surface area contributed by atoms with Crippen LogP contribution in [0.5, 0.6) is 5.75 Å². The van der Waals surface area contributed by atoms with E-state index in [0.717, 1.165) is 11.1 Å². The van der Waals surface area contributed by atoms with E-state index in [4.69, 9.17) is 125 Å². The minimum absolute atomic E-state index is 0.0138. The number of halogens is 9. The van der Waals surface area contributed by atoms with Crippen molar-refractivity contribution >= 4 is 136 Å². The lowest BCUT2D eigenvalue weighted by molar-refractivity contribution is -0.0358. The van der Waals surface area contributed by atoms with Crippen molar-refractivity contribution in [3.05, 3.63) is 29.3 Å². The quantitative estimate of drug-likeness (QED) is 0.195. The van der Waals surface area contributed by atoms with Gasteiger partial charge in [0.25, 0.3) is 0 Å². The van der Waals surface area contributed by atoms with E-state index in [2.05, 4.69) is 4.18 Å². The molecule has 0 unspecified atom stereocenters. The van der Waals surface area contributed by atoms with Crippen molar-refractivity contribution in [2.45, 2.75) is 68.5 Å². The van der Waals surface area contributed by atoms with Gasteiger partial charge in [0.1, 0.15) is 37.8 Å². The number of rotatable bonds is 12. The third-order valence-electron chi connectivity index (χ3n) is 8.37. The molecular formula is C24H27Cl9O12S3. The fourth-order valence-electron chi connectivity index (χ4n) is 6.71. The largest absolute Gasteiger partial charge is 0.449 e. The second-order valence-electron chi connectivity index (χ2n) is 11.6. The van der Waals surface area contributed by atoms with Crippen LogP contribution < -0.4 is 4.18 Å². The third kappa shape index (κ3) is 11.6. The lowest BCUT2D eigenvalue weighted by Crippen LogP contribution is -2.47. The van der Waals surface area contributed by atoms with Gasteiger partial charge in [-0.15, -0.1) is 0 Å². The Balaban J connectivity index is 1.59. The first-order valence-electron chi connectivity index (χ1n) is 13.7. The zero-order chi connectivity index (χ0) is 36.1. The zero-order valence-electron chi connectivity index (χ0n) is 24.3. The smallest absolute Gasteiger partial charge is 0.362 e. The highest BCUT2D eigenvalue weighted by Crippen LogP contribution is 2.62. The van der Waals surface area contributed by atoms with Crippen LogP contribution in [0.25, 0.3) is 0 Å². The molecule has 276 valence electrons. The molecule has 2 fully saturated rings. The normalized spacial score (nSPS) is 28.4. The number of alkyl halides is 9. The molecule has 0 N–H and O–H groups in total. The maximum Gasteiger partial charge on any atom is 0.449 e. The summed E-state index contributed by atoms with van der Waals surface area (Å²) < 4.78 is 99.7. The maximum atomic E-state index is 12.9. The average molecular weight is 923 g/mol. The number of hydrogen-bond acceptors (Lipinski definition) is 12. The van der Waals surface area contributed by atoms with Gasteiger partial charge in [0.05, 0.1) is 0 Å². The minimum atomic E-state index is -4.85. The molecule has 3 aliphatic carbocycles. The van der Waals surface area contributed by atoms with E-state index in [1.165, 1.54) is 6.07 Å². The van der Waals surface area contributed by atoms with Crippen LogP contribution in [0.15, 0.2) is 18.2 Å². The van der Waals surface area contributed by atoms with Gasteiger partial charge in [-0.1, -0.05) is 117 Å². The van der Waals surface area contributed by atoms with E-state index in [9.17, 15) is 25.3 Å². The molecule has 24 heteroatoms. The first-order chi connectivity index (χ1) is 21.7. The van der Waals surface area contributed by atoms with E-state index in [0.29, 0.717) is 25.7 Å². The van der Waals surface area contributed by atoms with E-state index >= 15 is 0 Å². The monoisotopic (exact) mass is 918 g/mol. The van der Waals surface area contributed by atoms with Crippen LogP contribution in [0.3, 0.4) is 0 Å². The van der Waals surface area contributed by atoms with Gasteiger partial charge < -0.3 is 4.18 Å². The molecule has 48 heavy (non-hydrogen) atoms. The molecule has 0 spiro atoms. The molecule has 12 nitrogen and oxygen atoms in total. The number of benzene rings is 1. The SMILES string of the molecule is C[C@]12CC[C@@H]3c4ccc(OS(=O)(=O)OCC(Cl)(Cl)Cl)cc4CC[C@H]3[C@@H]1C[C@@H](OS(=O)(=O)OCC(Cl)(Cl)Cl)[C@H]2OS(=O)(=O)OCC(Cl)(Cl)Cl. The topological polar surface area (TPSA) is 158 Å². The lowest BCUT2D eigenvalue weighted by Gasteiger charge is -2.50. The number of hydrogen-bond donors (Lipinski definition) is 0. The fourth-order valence-corrected chi connectivity index (χ4v) is 10.3. The van der Waals surface area contributed by atoms with Crippen LogP contribution in [0.2, 0.25) is 0 Å².